The Kier molecular flexibility index (Phi) is 6.66. The maximum atomic E-state index is 13.4. The molecule has 5 nitrogen and oxygen atoms in total. The minimum Gasteiger partial charge on any atom is -0.325 e. The van der Waals surface area contributed by atoms with Crippen LogP contribution in [0.2, 0.25) is 0 Å². The summed E-state index contributed by atoms with van der Waals surface area (Å²) in [6, 6.07) is 22.0. The van der Waals surface area contributed by atoms with Gasteiger partial charge in [0.15, 0.2) is 11.0 Å². The summed E-state index contributed by atoms with van der Waals surface area (Å²) in [6.07, 6.45) is 0. The standard InChI is InChI=1S/C25H23FN4OS/c1-17-7-6-10-22(18(17)2)27-23(31)16-32-25-29-28-24(20-11-13-21(26)14-12-20)30(25)15-19-8-4-3-5-9-19/h3-14H,15-16H2,1-2H3,(H,27,31). The summed E-state index contributed by atoms with van der Waals surface area (Å²) < 4.78 is 15.4. The molecule has 0 unspecified atom stereocenters. The Labute approximate surface area is 190 Å². The first-order valence-electron chi connectivity index (χ1n) is 10.2. The maximum absolute atomic E-state index is 13.4. The van der Waals surface area contributed by atoms with E-state index in [1.165, 1.54) is 23.9 Å². The van der Waals surface area contributed by atoms with Crippen molar-refractivity contribution in [3.63, 3.8) is 0 Å². The number of nitrogens with zero attached hydrogens (tertiary/aromatic N) is 3. The van der Waals surface area contributed by atoms with E-state index < -0.39 is 0 Å². The lowest BCUT2D eigenvalue weighted by atomic mass is 10.1. The molecule has 1 heterocycles. The Bertz CT molecular complexity index is 1220. The van der Waals surface area contributed by atoms with Crippen molar-refractivity contribution in [1.82, 2.24) is 14.8 Å². The molecule has 0 fully saturated rings. The van der Waals surface area contributed by atoms with E-state index in [9.17, 15) is 9.18 Å². The molecule has 7 heteroatoms. The van der Waals surface area contributed by atoms with Gasteiger partial charge < -0.3 is 5.32 Å². The van der Waals surface area contributed by atoms with Crippen LogP contribution in [0.5, 0.6) is 0 Å². The van der Waals surface area contributed by atoms with E-state index >= 15 is 0 Å². The quantitative estimate of drug-likeness (QED) is 0.382. The SMILES string of the molecule is Cc1cccc(NC(=O)CSc2nnc(-c3ccc(F)cc3)n2Cc2ccccc2)c1C. The van der Waals surface area contributed by atoms with Gasteiger partial charge >= 0.3 is 0 Å². The fraction of sp³-hybridized carbons (Fsp3) is 0.160. The highest BCUT2D eigenvalue weighted by atomic mass is 32.2. The van der Waals surface area contributed by atoms with Crippen molar-refractivity contribution < 1.29 is 9.18 Å². The lowest BCUT2D eigenvalue weighted by molar-refractivity contribution is -0.113. The van der Waals surface area contributed by atoms with Gasteiger partial charge in [-0.1, -0.05) is 54.2 Å². The maximum Gasteiger partial charge on any atom is 0.234 e. The van der Waals surface area contributed by atoms with Crippen molar-refractivity contribution in [2.45, 2.75) is 25.5 Å². The van der Waals surface area contributed by atoms with Gasteiger partial charge in [0.1, 0.15) is 5.82 Å². The predicted molar refractivity (Wildman–Crippen MR) is 126 cm³/mol. The van der Waals surface area contributed by atoms with Crippen molar-refractivity contribution in [3.05, 3.63) is 95.3 Å². The lowest BCUT2D eigenvalue weighted by Gasteiger charge is -2.12. The van der Waals surface area contributed by atoms with Crippen molar-refractivity contribution in [3.8, 4) is 11.4 Å². The van der Waals surface area contributed by atoms with E-state index in [1.54, 1.807) is 12.1 Å². The third-order valence-corrected chi connectivity index (χ3v) is 6.18. The molecule has 0 aliphatic rings. The largest absolute Gasteiger partial charge is 0.325 e. The van der Waals surface area contributed by atoms with Crippen LogP contribution in [0.4, 0.5) is 10.1 Å². The summed E-state index contributed by atoms with van der Waals surface area (Å²) in [7, 11) is 0. The summed E-state index contributed by atoms with van der Waals surface area (Å²) in [5, 5.41) is 12.3. The number of nitrogens with one attached hydrogen (secondary N) is 1. The van der Waals surface area contributed by atoms with E-state index in [4.69, 9.17) is 0 Å². The third kappa shape index (κ3) is 5.06. The molecule has 1 aromatic heterocycles. The van der Waals surface area contributed by atoms with Crippen LogP contribution in [0.15, 0.2) is 78.0 Å². The first kappa shape index (κ1) is 21.8. The molecule has 0 atom stereocenters. The van der Waals surface area contributed by atoms with E-state index in [0.717, 1.165) is 27.9 Å². The Morgan fingerprint density at radius 3 is 2.47 bits per heavy atom. The van der Waals surface area contributed by atoms with Gasteiger partial charge in [-0.25, -0.2) is 4.39 Å². The number of hydrogen-bond donors (Lipinski definition) is 1. The second-order valence-corrected chi connectivity index (χ2v) is 8.41. The Morgan fingerprint density at radius 2 is 1.72 bits per heavy atom. The van der Waals surface area contributed by atoms with Crippen LogP contribution in [-0.4, -0.2) is 26.4 Å². The van der Waals surface area contributed by atoms with Crippen LogP contribution in [0.1, 0.15) is 16.7 Å². The molecule has 32 heavy (non-hydrogen) atoms. The number of anilines is 1. The van der Waals surface area contributed by atoms with Crippen LogP contribution in [0, 0.1) is 19.7 Å². The Hall–Kier alpha value is -3.45. The molecule has 0 saturated carbocycles. The van der Waals surface area contributed by atoms with Gasteiger partial charge in [-0.05, 0) is 60.9 Å². The molecule has 1 amide bonds. The van der Waals surface area contributed by atoms with Crippen molar-refractivity contribution >= 4 is 23.4 Å². The summed E-state index contributed by atoms with van der Waals surface area (Å²) >= 11 is 1.33. The van der Waals surface area contributed by atoms with Crippen molar-refractivity contribution in [2.75, 3.05) is 11.1 Å². The van der Waals surface area contributed by atoms with Crippen molar-refractivity contribution in [2.24, 2.45) is 0 Å². The molecule has 0 aliphatic carbocycles. The summed E-state index contributed by atoms with van der Waals surface area (Å²) in [5.41, 5.74) is 4.84. The molecule has 0 bridgehead atoms. The molecule has 1 N–H and O–H groups in total. The van der Waals surface area contributed by atoms with Crippen LogP contribution in [-0.2, 0) is 11.3 Å². The predicted octanol–water partition coefficient (Wildman–Crippen LogP) is 5.48. The molecule has 3 aromatic carbocycles. The highest BCUT2D eigenvalue weighted by Gasteiger charge is 2.17. The second-order valence-electron chi connectivity index (χ2n) is 7.47. The van der Waals surface area contributed by atoms with Crippen LogP contribution >= 0.6 is 11.8 Å². The number of benzene rings is 3. The number of aromatic nitrogens is 3. The number of hydrogen-bond acceptors (Lipinski definition) is 4. The smallest absolute Gasteiger partial charge is 0.234 e. The van der Waals surface area contributed by atoms with Gasteiger partial charge in [-0.3, -0.25) is 9.36 Å². The average molecular weight is 447 g/mol. The third-order valence-electron chi connectivity index (χ3n) is 5.21. The fourth-order valence-corrected chi connectivity index (χ4v) is 4.06. The highest BCUT2D eigenvalue weighted by Crippen LogP contribution is 2.26. The second kappa shape index (κ2) is 9.78. The number of thioether (sulfide) groups is 1. The molecule has 0 aliphatic heterocycles. The molecular weight excluding hydrogens is 423 g/mol. The number of aryl methyl sites for hydroxylation is 1. The number of carbonyl (C=O) groups excluding carboxylic acids is 1. The molecule has 4 rings (SSSR count). The normalized spacial score (nSPS) is 10.8. The molecule has 0 saturated heterocycles. The zero-order chi connectivity index (χ0) is 22.5. The van der Waals surface area contributed by atoms with Gasteiger partial charge in [-0.15, -0.1) is 10.2 Å². The zero-order valence-corrected chi connectivity index (χ0v) is 18.7. The van der Waals surface area contributed by atoms with Crippen molar-refractivity contribution in [1.29, 1.82) is 0 Å². The van der Waals surface area contributed by atoms with E-state index in [1.807, 2.05) is 66.9 Å². The monoisotopic (exact) mass is 446 g/mol. The van der Waals surface area contributed by atoms with E-state index in [-0.39, 0.29) is 17.5 Å². The highest BCUT2D eigenvalue weighted by molar-refractivity contribution is 7.99. The summed E-state index contributed by atoms with van der Waals surface area (Å²) in [4.78, 5) is 12.6. The van der Waals surface area contributed by atoms with E-state index in [0.29, 0.717) is 17.5 Å². The minimum absolute atomic E-state index is 0.110. The van der Waals surface area contributed by atoms with Gasteiger partial charge in [0.25, 0.3) is 0 Å². The number of carbonyl (C=O) groups is 1. The van der Waals surface area contributed by atoms with Crippen LogP contribution in [0.25, 0.3) is 11.4 Å². The zero-order valence-electron chi connectivity index (χ0n) is 17.9. The number of amides is 1. The molecule has 0 spiro atoms. The van der Waals surface area contributed by atoms with Gasteiger partial charge in [0.05, 0.1) is 12.3 Å². The Morgan fingerprint density at radius 1 is 0.969 bits per heavy atom. The Balaban J connectivity index is 1.55. The number of halogens is 1. The van der Waals surface area contributed by atoms with Gasteiger partial charge in [0, 0.05) is 11.3 Å². The van der Waals surface area contributed by atoms with Crippen LogP contribution < -0.4 is 5.32 Å². The van der Waals surface area contributed by atoms with Crippen LogP contribution in [0.3, 0.4) is 0 Å². The number of rotatable bonds is 7. The van der Waals surface area contributed by atoms with E-state index in [2.05, 4.69) is 15.5 Å². The lowest BCUT2D eigenvalue weighted by Crippen LogP contribution is -2.15. The first-order valence-corrected chi connectivity index (χ1v) is 11.2. The fourth-order valence-electron chi connectivity index (χ4n) is 3.32. The minimum atomic E-state index is -0.305. The molecular formula is C25H23FN4OS. The van der Waals surface area contributed by atoms with Gasteiger partial charge in [0.2, 0.25) is 5.91 Å². The molecule has 4 aromatic rings. The summed E-state index contributed by atoms with van der Waals surface area (Å²) in [5.74, 6) is 0.414. The molecule has 162 valence electrons. The van der Waals surface area contributed by atoms with Gasteiger partial charge in [-0.2, -0.15) is 0 Å². The average Bonchev–Trinajstić information content (AvgIpc) is 3.19. The first-order chi connectivity index (χ1) is 15.5. The topological polar surface area (TPSA) is 59.8 Å². The molecule has 0 radical (unpaired) electrons. The summed E-state index contributed by atoms with van der Waals surface area (Å²) in [6.45, 7) is 4.55.